The molecule has 2 fully saturated rings. The molecule has 2 aliphatic heterocycles. The van der Waals surface area contributed by atoms with Crippen LogP contribution in [-0.2, 0) is 14.2 Å². The van der Waals surface area contributed by atoms with Crippen molar-refractivity contribution in [2.75, 3.05) is 13.2 Å². The average Bonchev–Trinajstić information content (AvgIpc) is 3.02. The van der Waals surface area contributed by atoms with Crippen LogP contribution in [0.15, 0.2) is 0 Å². The molecular formula is C22H42O3. The normalized spacial score (nSPS) is 25.6. The number of hydrogen-bond donors (Lipinski definition) is 0. The third-order valence-corrected chi connectivity index (χ3v) is 5.66. The van der Waals surface area contributed by atoms with E-state index in [9.17, 15) is 0 Å². The molecule has 2 aliphatic rings. The molecule has 3 heteroatoms. The van der Waals surface area contributed by atoms with Crippen molar-refractivity contribution in [3.8, 4) is 0 Å². The minimum atomic E-state index is -0.0783. The van der Waals surface area contributed by atoms with E-state index in [1.54, 1.807) is 0 Å². The van der Waals surface area contributed by atoms with Gasteiger partial charge in [-0.2, -0.15) is 0 Å². The largest absolute Gasteiger partial charge is 0.370 e. The molecule has 2 rings (SSSR count). The Balaban J connectivity index is 1.26. The van der Waals surface area contributed by atoms with E-state index in [2.05, 4.69) is 6.92 Å². The highest BCUT2D eigenvalue weighted by Crippen LogP contribution is 2.26. The maximum Gasteiger partial charge on any atom is 0.184 e. The number of fused-ring (bicyclic) bond motifs is 2. The fourth-order valence-electron chi connectivity index (χ4n) is 4.00. The molecule has 0 aliphatic carbocycles. The molecule has 2 saturated heterocycles. The molecule has 0 amide bonds. The number of ether oxygens (including phenoxy) is 3. The SMILES string of the molecule is CCCCCCCCCCCCCCCCCC1OC[C@@H]2COC1O2. The van der Waals surface area contributed by atoms with Crippen LogP contribution in [0.1, 0.15) is 110 Å². The second-order valence-electron chi connectivity index (χ2n) is 8.07. The minimum absolute atomic E-state index is 0.0783. The van der Waals surface area contributed by atoms with Crippen LogP contribution >= 0.6 is 0 Å². The molecule has 0 spiro atoms. The van der Waals surface area contributed by atoms with Crippen LogP contribution in [0.4, 0.5) is 0 Å². The summed E-state index contributed by atoms with van der Waals surface area (Å²) in [7, 11) is 0. The molecule has 0 N–H and O–H groups in total. The lowest BCUT2D eigenvalue weighted by Crippen LogP contribution is -2.37. The van der Waals surface area contributed by atoms with Gasteiger partial charge >= 0.3 is 0 Å². The van der Waals surface area contributed by atoms with E-state index in [1.807, 2.05) is 0 Å². The summed E-state index contributed by atoms with van der Waals surface area (Å²) < 4.78 is 17.2. The van der Waals surface area contributed by atoms with Crippen molar-refractivity contribution in [1.29, 1.82) is 0 Å². The first-order chi connectivity index (χ1) is 12.4. The van der Waals surface area contributed by atoms with Gasteiger partial charge in [0.15, 0.2) is 6.29 Å². The van der Waals surface area contributed by atoms with Crippen LogP contribution in [0.5, 0.6) is 0 Å². The molecule has 0 aromatic heterocycles. The third-order valence-electron chi connectivity index (χ3n) is 5.66. The second kappa shape index (κ2) is 14.0. The zero-order chi connectivity index (χ0) is 17.6. The maximum atomic E-state index is 5.83. The number of hydrogen-bond acceptors (Lipinski definition) is 3. The van der Waals surface area contributed by atoms with E-state index >= 15 is 0 Å². The first kappa shape index (κ1) is 21.2. The Hall–Kier alpha value is -0.120. The molecule has 0 radical (unpaired) electrons. The highest BCUT2D eigenvalue weighted by Gasteiger charge is 2.38. The van der Waals surface area contributed by atoms with Crippen LogP contribution in [0.25, 0.3) is 0 Å². The highest BCUT2D eigenvalue weighted by atomic mass is 16.8. The van der Waals surface area contributed by atoms with Gasteiger partial charge in [-0.1, -0.05) is 103 Å². The van der Waals surface area contributed by atoms with Crippen LogP contribution in [0, 0.1) is 0 Å². The second-order valence-corrected chi connectivity index (χ2v) is 8.07. The Kier molecular flexibility index (Phi) is 11.9. The van der Waals surface area contributed by atoms with E-state index in [-0.39, 0.29) is 18.5 Å². The van der Waals surface area contributed by atoms with Crippen LogP contribution < -0.4 is 0 Å². The number of rotatable bonds is 16. The standard InChI is InChI=1S/C22H42O3/c1-2-3-4-5-6-7-8-9-10-11-12-13-14-15-16-17-21-22-24-19-20(25-22)18-23-21/h20-22H,2-19H2,1H3/t20-,21?,22?/m1/s1. The Morgan fingerprint density at radius 1 is 0.600 bits per heavy atom. The minimum Gasteiger partial charge on any atom is -0.370 e. The van der Waals surface area contributed by atoms with Gasteiger partial charge in [0.25, 0.3) is 0 Å². The van der Waals surface area contributed by atoms with Gasteiger partial charge in [-0.05, 0) is 6.42 Å². The van der Waals surface area contributed by atoms with E-state index in [4.69, 9.17) is 14.2 Å². The van der Waals surface area contributed by atoms with Crippen molar-refractivity contribution in [2.45, 2.75) is 128 Å². The molecule has 0 aromatic carbocycles. The Morgan fingerprint density at radius 2 is 1.08 bits per heavy atom. The third kappa shape index (κ3) is 9.40. The molecule has 0 saturated carbocycles. The van der Waals surface area contributed by atoms with Crippen LogP contribution in [0.3, 0.4) is 0 Å². The first-order valence-electron chi connectivity index (χ1n) is 11.3. The Bertz CT molecular complexity index is 308. The van der Waals surface area contributed by atoms with Crippen LogP contribution in [-0.4, -0.2) is 31.7 Å². The topological polar surface area (TPSA) is 27.7 Å². The van der Waals surface area contributed by atoms with E-state index in [1.165, 1.54) is 96.3 Å². The van der Waals surface area contributed by atoms with Gasteiger partial charge in [0.05, 0.1) is 13.2 Å². The Morgan fingerprint density at radius 3 is 1.64 bits per heavy atom. The summed E-state index contributed by atoms with van der Waals surface area (Å²) in [4.78, 5) is 0. The summed E-state index contributed by atoms with van der Waals surface area (Å²) in [6.45, 7) is 3.73. The lowest BCUT2D eigenvalue weighted by Gasteiger charge is -2.27. The lowest BCUT2D eigenvalue weighted by molar-refractivity contribution is -0.198. The molecule has 2 unspecified atom stereocenters. The predicted molar refractivity (Wildman–Crippen MR) is 104 cm³/mol. The van der Waals surface area contributed by atoms with Gasteiger partial charge in [-0.15, -0.1) is 0 Å². The van der Waals surface area contributed by atoms with Gasteiger partial charge in [-0.3, -0.25) is 0 Å². The predicted octanol–water partition coefficient (Wildman–Crippen LogP) is 6.39. The summed E-state index contributed by atoms with van der Waals surface area (Å²) in [5.74, 6) is 0. The molecule has 148 valence electrons. The zero-order valence-electron chi connectivity index (χ0n) is 16.7. The summed E-state index contributed by atoms with van der Waals surface area (Å²) in [5.41, 5.74) is 0. The zero-order valence-corrected chi connectivity index (χ0v) is 16.7. The molecule has 2 bridgehead atoms. The summed E-state index contributed by atoms with van der Waals surface area (Å²) in [6.07, 6.45) is 22.6. The first-order valence-corrected chi connectivity index (χ1v) is 11.3. The average molecular weight is 355 g/mol. The monoisotopic (exact) mass is 354 g/mol. The van der Waals surface area contributed by atoms with Crippen molar-refractivity contribution in [3.63, 3.8) is 0 Å². The fourth-order valence-corrected chi connectivity index (χ4v) is 4.00. The van der Waals surface area contributed by atoms with E-state index in [0.717, 1.165) is 19.6 Å². The Labute approximate surface area is 156 Å². The molecule has 25 heavy (non-hydrogen) atoms. The van der Waals surface area contributed by atoms with Gasteiger partial charge < -0.3 is 14.2 Å². The van der Waals surface area contributed by atoms with Gasteiger partial charge in [0, 0.05) is 0 Å². The number of unbranched alkanes of at least 4 members (excludes halogenated alkanes) is 14. The lowest BCUT2D eigenvalue weighted by atomic mass is 10.0. The molecule has 3 nitrogen and oxygen atoms in total. The van der Waals surface area contributed by atoms with Gasteiger partial charge in [0.1, 0.15) is 12.2 Å². The molecule has 2 heterocycles. The molecule has 0 aromatic rings. The van der Waals surface area contributed by atoms with Gasteiger partial charge in [0.2, 0.25) is 0 Å². The quantitative estimate of drug-likeness (QED) is 0.301. The van der Waals surface area contributed by atoms with Crippen LogP contribution in [0.2, 0.25) is 0 Å². The summed E-state index contributed by atoms with van der Waals surface area (Å²) in [6, 6.07) is 0. The van der Waals surface area contributed by atoms with Crippen molar-refractivity contribution >= 4 is 0 Å². The molecule has 3 atom stereocenters. The fraction of sp³-hybridized carbons (Fsp3) is 1.00. The van der Waals surface area contributed by atoms with Crippen molar-refractivity contribution in [1.82, 2.24) is 0 Å². The molecular weight excluding hydrogens is 312 g/mol. The van der Waals surface area contributed by atoms with Crippen molar-refractivity contribution < 1.29 is 14.2 Å². The van der Waals surface area contributed by atoms with Crippen molar-refractivity contribution in [2.24, 2.45) is 0 Å². The maximum absolute atomic E-state index is 5.83. The van der Waals surface area contributed by atoms with Gasteiger partial charge in [-0.25, -0.2) is 0 Å². The van der Waals surface area contributed by atoms with E-state index in [0.29, 0.717) is 0 Å². The highest BCUT2D eigenvalue weighted by molar-refractivity contribution is 4.77. The summed E-state index contributed by atoms with van der Waals surface area (Å²) >= 11 is 0. The smallest absolute Gasteiger partial charge is 0.184 e. The van der Waals surface area contributed by atoms with Crippen molar-refractivity contribution in [3.05, 3.63) is 0 Å². The van der Waals surface area contributed by atoms with E-state index < -0.39 is 0 Å². The summed E-state index contributed by atoms with van der Waals surface area (Å²) in [5, 5.41) is 0.